The van der Waals surface area contributed by atoms with Crippen LogP contribution in [0.3, 0.4) is 0 Å². The quantitative estimate of drug-likeness (QED) is 0.519. The minimum absolute atomic E-state index is 0.390. The van der Waals surface area contributed by atoms with Gasteiger partial charge >= 0.3 is 6.18 Å². The van der Waals surface area contributed by atoms with Crippen LogP contribution in [-0.2, 0) is 6.18 Å². The van der Waals surface area contributed by atoms with Gasteiger partial charge in [-0.1, -0.05) is 6.07 Å². The number of aromatic nitrogens is 4. The Morgan fingerprint density at radius 1 is 0.923 bits per heavy atom. The lowest BCUT2D eigenvalue weighted by molar-refractivity contribution is -0.137. The Morgan fingerprint density at radius 2 is 1.77 bits per heavy atom. The third-order valence-electron chi connectivity index (χ3n) is 4.05. The molecule has 0 fully saturated rings. The molecule has 0 aliphatic rings. The van der Waals surface area contributed by atoms with E-state index in [9.17, 15) is 13.2 Å². The summed E-state index contributed by atoms with van der Waals surface area (Å²) in [6.07, 6.45) is -0.289. The van der Waals surface area contributed by atoms with Crippen LogP contribution in [0.4, 0.5) is 13.2 Å². The second-order valence-electron chi connectivity index (χ2n) is 5.87. The minimum atomic E-state index is -4.44. The van der Waals surface area contributed by atoms with Gasteiger partial charge in [-0.3, -0.25) is 14.5 Å². The predicted octanol–water partition coefficient (Wildman–Crippen LogP) is 4.81. The molecule has 7 heteroatoms. The second kappa shape index (κ2) is 5.94. The topological polar surface area (TPSA) is 43.6 Å². The van der Waals surface area contributed by atoms with Crippen molar-refractivity contribution in [2.75, 3.05) is 0 Å². The molecule has 0 saturated heterocycles. The van der Waals surface area contributed by atoms with Crippen molar-refractivity contribution >= 4 is 11.0 Å². The van der Waals surface area contributed by atoms with E-state index in [2.05, 4.69) is 15.0 Å². The molecule has 0 bridgehead atoms. The summed E-state index contributed by atoms with van der Waals surface area (Å²) in [5.74, 6) is 0. The molecule has 0 saturated carbocycles. The summed E-state index contributed by atoms with van der Waals surface area (Å²) in [5.41, 5.74) is 2.48. The monoisotopic (exact) mass is 354 g/mol. The number of hydrogen-bond acceptors (Lipinski definition) is 3. The number of nitrogens with zero attached hydrogens (tertiary/aromatic N) is 4. The lowest BCUT2D eigenvalue weighted by atomic mass is 10.2. The van der Waals surface area contributed by atoms with Gasteiger partial charge in [0.1, 0.15) is 5.65 Å². The van der Waals surface area contributed by atoms with Crippen LogP contribution in [0.5, 0.6) is 0 Å². The van der Waals surface area contributed by atoms with E-state index in [1.807, 2.05) is 25.1 Å². The SMILES string of the molecule is Cc1ccc(-n2c(-c3ccccn3)cc3cc(C(F)(F)F)cnc32)cn1. The van der Waals surface area contributed by atoms with Crippen molar-refractivity contribution in [1.82, 2.24) is 19.5 Å². The van der Waals surface area contributed by atoms with Crippen LogP contribution in [-0.4, -0.2) is 19.5 Å². The maximum Gasteiger partial charge on any atom is 0.417 e. The van der Waals surface area contributed by atoms with E-state index in [4.69, 9.17) is 0 Å². The lowest BCUT2D eigenvalue weighted by Crippen LogP contribution is -2.06. The Balaban J connectivity index is 2.01. The van der Waals surface area contributed by atoms with Crippen molar-refractivity contribution in [3.63, 3.8) is 0 Å². The van der Waals surface area contributed by atoms with Gasteiger partial charge in [0.25, 0.3) is 0 Å². The van der Waals surface area contributed by atoms with Crippen molar-refractivity contribution in [2.24, 2.45) is 0 Å². The molecule has 0 amide bonds. The highest BCUT2D eigenvalue weighted by molar-refractivity contribution is 5.86. The fourth-order valence-corrected chi connectivity index (χ4v) is 2.80. The summed E-state index contributed by atoms with van der Waals surface area (Å²) >= 11 is 0. The molecule has 4 aromatic heterocycles. The molecule has 4 rings (SSSR count). The van der Waals surface area contributed by atoms with Gasteiger partial charge in [-0.05, 0) is 43.3 Å². The summed E-state index contributed by atoms with van der Waals surface area (Å²) < 4.78 is 40.9. The number of rotatable bonds is 2. The van der Waals surface area contributed by atoms with Gasteiger partial charge in [0, 0.05) is 23.5 Å². The van der Waals surface area contributed by atoms with Crippen LogP contribution >= 0.6 is 0 Å². The highest BCUT2D eigenvalue weighted by atomic mass is 19.4. The standard InChI is InChI=1S/C19H13F3N4/c1-12-5-6-15(11-24-12)26-17(16-4-2-3-7-23-16)9-13-8-14(19(20,21)22)10-25-18(13)26/h2-11H,1H3. The number of aryl methyl sites for hydroxylation is 1. The molecular formula is C19H13F3N4. The number of fused-ring (bicyclic) bond motifs is 1. The van der Waals surface area contributed by atoms with Crippen LogP contribution in [0.1, 0.15) is 11.3 Å². The summed E-state index contributed by atoms with van der Waals surface area (Å²) in [7, 11) is 0. The molecule has 130 valence electrons. The molecule has 4 nitrogen and oxygen atoms in total. The zero-order chi connectivity index (χ0) is 18.3. The first kappa shape index (κ1) is 16.3. The van der Waals surface area contributed by atoms with Gasteiger partial charge < -0.3 is 0 Å². The average Bonchev–Trinajstić information content (AvgIpc) is 3.01. The first-order valence-corrected chi connectivity index (χ1v) is 7.86. The Hall–Kier alpha value is -3.22. The number of pyridine rings is 3. The highest BCUT2D eigenvalue weighted by Crippen LogP contribution is 2.34. The fraction of sp³-hybridized carbons (Fsp3) is 0.105. The van der Waals surface area contributed by atoms with Crippen LogP contribution in [0, 0.1) is 6.92 Å². The molecule has 0 aliphatic heterocycles. The zero-order valence-electron chi connectivity index (χ0n) is 13.7. The normalized spacial score (nSPS) is 11.8. The summed E-state index contributed by atoms with van der Waals surface area (Å²) in [6.45, 7) is 1.87. The lowest BCUT2D eigenvalue weighted by Gasteiger charge is -2.10. The third-order valence-corrected chi connectivity index (χ3v) is 4.05. The summed E-state index contributed by atoms with van der Waals surface area (Å²) in [4.78, 5) is 12.7. The minimum Gasteiger partial charge on any atom is -0.291 e. The second-order valence-corrected chi connectivity index (χ2v) is 5.87. The summed E-state index contributed by atoms with van der Waals surface area (Å²) in [5, 5.41) is 0.390. The molecule has 0 aromatic carbocycles. The van der Waals surface area contributed by atoms with E-state index in [1.165, 1.54) is 0 Å². The van der Waals surface area contributed by atoms with Gasteiger partial charge in [0.15, 0.2) is 0 Å². The van der Waals surface area contributed by atoms with Gasteiger partial charge in [-0.15, -0.1) is 0 Å². The molecule has 0 atom stereocenters. The molecule has 0 spiro atoms. The molecule has 4 aromatic rings. The van der Waals surface area contributed by atoms with Gasteiger partial charge in [0.05, 0.1) is 28.8 Å². The van der Waals surface area contributed by atoms with E-state index in [1.54, 1.807) is 35.2 Å². The molecule has 0 aliphatic carbocycles. The molecule has 4 heterocycles. The zero-order valence-corrected chi connectivity index (χ0v) is 13.7. The average molecular weight is 354 g/mol. The summed E-state index contributed by atoms with van der Waals surface area (Å²) in [6, 6.07) is 11.9. The van der Waals surface area contributed by atoms with Crippen LogP contribution in [0.2, 0.25) is 0 Å². The van der Waals surface area contributed by atoms with Crippen molar-refractivity contribution < 1.29 is 13.2 Å². The Labute approximate surface area is 147 Å². The Kier molecular flexibility index (Phi) is 3.72. The maximum atomic E-state index is 13.0. The van der Waals surface area contributed by atoms with E-state index in [-0.39, 0.29) is 0 Å². The molecule has 26 heavy (non-hydrogen) atoms. The largest absolute Gasteiger partial charge is 0.417 e. The number of halogens is 3. The van der Waals surface area contributed by atoms with Gasteiger partial charge in [0.2, 0.25) is 0 Å². The first-order valence-electron chi connectivity index (χ1n) is 7.86. The van der Waals surface area contributed by atoms with Crippen molar-refractivity contribution in [3.8, 4) is 17.1 Å². The molecule has 0 N–H and O–H groups in total. The van der Waals surface area contributed by atoms with Crippen molar-refractivity contribution in [3.05, 3.63) is 72.3 Å². The Bertz CT molecular complexity index is 1070. The van der Waals surface area contributed by atoms with Crippen molar-refractivity contribution in [1.29, 1.82) is 0 Å². The van der Waals surface area contributed by atoms with Gasteiger partial charge in [-0.2, -0.15) is 13.2 Å². The van der Waals surface area contributed by atoms with E-state index in [0.717, 1.165) is 18.0 Å². The molecule has 0 unspecified atom stereocenters. The van der Waals surface area contributed by atoms with E-state index in [0.29, 0.717) is 28.1 Å². The van der Waals surface area contributed by atoms with E-state index >= 15 is 0 Å². The van der Waals surface area contributed by atoms with E-state index < -0.39 is 11.7 Å². The highest BCUT2D eigenvalue weighted by Gasteiger charge is 2.31. The predicted molar refractivity (Wildman–Crippen MR) is 91.8 cm³/mol. The first-order chi connectivity index (χ1) is 12.4. The maximum absolute atomic E-state index is 13.0. The molecule has 0 radical (unpaired) electrons. The number of alkyl halides is 3. The third kappa shape index (κ3) is 2.81. The van der Waals surface area contributed by atoms with Crippen LogP contribution in [0.15, 0.2) is 61.1 Å². The number of hydrogen-bond donors (Lipinski definition) is 0. The van der Waals surface area contributed by atoms with Crippen LogP contribution in [0.25, 0.3) is 28.1 Å². The fourth-order valence-electron chi connectivity index (χ4n) is 2.80. The van der Waals surface area contributed by atoms with Gasteiger partial charge in [-0.25, -0.2) is 4.98 Å². The van der Waals surface area contributed by atoms with Crippen LogP contribution < -0.4 is 0 Å². The smallest absolute Gasteiger partial charge is 0.291 e. The molecular weight excluding hydrogens is 341 g/mol. The Morgan fingerprint density at radius 3 is 2.42 bits per heavy atom. The van der Waals surface area contributed by atoms with Crippen molar-refractivity contribution in [2.45, 2.75) is 13.1 Å².